The maximum Gasteiger partial charge on any atom is 0.306 e. The maximum atomic E-state index is 12.8. The van der Waals surface area contributed by atoms with Crippen LogP contribution < -0.4 is 10.0 Å². The van der Waals surface area contributed by atoms with Crippen molar-refractivity contribution < 1.29 is 23.1 Å². The van der Waals surface area contributed by atoms with Crippen LogP contribution in [0.5, 0.6) is 0 Å². The lowest BCUT2D eigenvalue weighted by atomic mass is 9.82. The zero-order valence-corrected chi connectivity index (χ0v) is 18.2. The first-order valence-corrected chi connectivity index (χ1v) is 11.7. The Labute approximate surface area is 173 Å². The second-order valence-electron chi connectivity index (χ2n) is 8.10. The van der Waals surface area contributed by atoms with Crippen LogP contribution in [0.4, 0.5) is 0 Å². The largest absolute Gasteiger partial charge is 0.481 e. The van der Waals surface area contributed by atoms with Gasteiger partial charge >= 0.3 is 5.97 Å². The molecule has 0 radical (unpaired) electrons. The Bertz CT molecular complexity index is 799. The van der Waals surface area contributed by atoms with Crippen LogP contribution in [0, 0.1) is 24.7 Å². The maximum absolute atomic E-state index is 12.8. The molecule has 1 amide bonds. The predicted molar refractivity (Wildman–Crippen MR) is 111 cm³/mol. The van der Waals surface area contributed by atoms with E-state index in [9.17, 15) is 18.0 Å². The lowest BCUT2D eigenvalue weighted by Crippen LogP contribution is -2.51. The van der Waals surface area contributed by atoms with Crippen LogP contribution in [0.15, 0.2) is 29.2 Å². The van der Waals surface area contributed by atoms with E-state index in [1.807, 2.05) is 20.8 Å². The molecule has 1 fully saturated rings. The van der Waals surface area contributed by atoms with Gasteiger partial charge in [-0.25, -0.2) is 8.42 Å². The number of carbonyl (C=O) groups excluding carboxylic acids is 1. The number of carboxylic acids is 1. The first kappa shape index (κ1) is 23.3. The standard InChI is InChI=1S/C21H32N2O5S/c1-4-15(3)19(23-29(27,28)18-11-5-14(2)6-12-18)20(24)22-13-16-7-9-17(10-8-16)21(25)26/h5-6,11-12,15-17,19,23H,4,7-10,13H2,1-3H3,(H,22,24)(H,25,26)/t15-,16?,17?,19-/m0/s1. The molecule has 7 nitrogen and oxygen atoms in total. The van der Waals surface area contributed by atoms with E-state index in [0.717, 1.165) is 18.4 Å². The van der Waals surface area contributed by atoms with Gasteiger partial charge < -0.3 is 10.4 Å². The highest BCUT2D eigenvalue weighted by molar-refractivity contribution is 7.89. The fourth-order valence-corrected chi connectivity index (χ4v) is 4.89. The number of aryl methyl sites for hydroxylation is 1. The molecule has 29 heavy (non-hydrogen) atoms. The molecule has 1 aromatic rings. The van der Waals surface area contributed by atoms with Crippen molar-refractivity contribution in [1.29, 1.82) is 0 Å². The molecule has 0 saturated heterocycles. The second kappa shape index (κ2) is 10.2. The van der Waals surface area contributed by atoms with Crippen LogP contribution in [-0.4, -0.2) is 38.0 Å². The summed E-state index contributed by atoms with van der Waals surface area (Å²) < 4.78 is 28.0. The van der Waals surface area contributed by atoms with Crippen molar-refractivity contribution in [2.75, 3.05) is 6.54 Å². The third-order valence-electron chi connectivity index (χ3n) is 5.87. The Balaban J connectivity index is 1.99. The van der Waals surface area contributed by atoms with Gasteiger partial charge in [0.15, 0.2) is 0 Å². The molecule has 2 atom stereocenters. The fourth-order valence-electron chi connectivity index (χ4n) is 3.58. The summed E-state index contributed by atoms with van der Waals surface area (Å²) in [5, 5.41) is 12.0. The van der Waals surface area contributed by atoms with Gasteiger partial charge in [0.25, 0.3) is 0 Å². The number of hydrogen-bond acceptors (Lipinski definition) is 4. The van der Waals surface area contributed by atoms with Gasteiger partial charge in [-0.3, -0.25) is 9.59 Å². The van der Waals surface area contributed by atoms with Crippen molar-refractivity contribution in [3.05, 3.63) is 29.8 Å². The molecular formula is C21H32N2O5S. The molecule has 3 N–H and O–H groups in total. The number of hydrogen-bond donors (Lipinski definition) is 3. The monoisotopic (exact) mass is 424 g/mol. The number of sulfonamides is 1. The Morgan fingerprint density at radius 2 is 1.72 bits per heavy atom. The molecule has 1 saturated carbocycles. The lowest BCUT2D eigenvalue weighted by molar-refractivity contribution is -0.143. The van der Waals surface area contributed by atoms with E-state index in [2.05, 4.69) is 10.0 Å². The average molecular weight is 425 g/mol. The summed E-state index contributed by atoms with van der Waals surface area (Å²) in [4.78, 5) is 24.0. The molecule has 1 aromatic carbocycles. The van der Waals surface area contributed by atoms with Crippen molar-refractivity contribution >= 4 is 21.9 Å². The van der Waals surface area contributed by atoms with Crippen LogP contribution in [0.25, 0.3) is 0 Å². The minimum Gasteiger partial charge on any atom is -0.481 e. The Kier molecular flexibility index (Phi) is 8.22. The molecule has 162 valence electrons. The van der Waals surface area contributed by atoms with Crippen LogP contribution in [-0.2, 0) is 19.6 Å². The van der Waals surface area contributed by atoms with Crippen molar-refractivity contribution in [3.8, 4) is 0 Å². The highest BCUT2D eigenvalue weighted by Gasteiger charge is 2.31. The number of aliphatic carboxylic acids is 1. The van der Waals surface area contributed by atoms with Crippen LogP contribution in [0.1, 0.15) is 51.5 Å². The molecule has 0 aliphatic heterocycles. The summed E-state index contributed by atoms with van der Waals surface area (Å²) in [6.45, 7) is 6.08. The molecule has 1 aliphatic carbocycles. The van der Waals surface area contributed by atoms with E-state index in [-0.39, 0.29) is 28.6 Å². The van der Waals surface area contributed by atoms with E-state index < -0.39 is 22.0 Å². The van der Waals surface area contributed by atoms with Gasteiger partial charge in [-0.1, -0.05) is 38.0 Å². The van der Waals surface area contributed by atoms with Gasteiger partial charge in [0.1, 0.15) is 6.04 Å². The van der Waals surface area contributed by atoms with Gasteiger partial charge in [-0.2, -0.15) is 4.72 Å². The van der Waals surface area contributed by atoms with Gasteiger partial charge in [0.2, 0.25) is 15.9 Å². The van der Waals surface area contributed by atoms with Crippen molar-refractivity contribution in [2.45, 2.75) is 63.8 Å². The molecule has 0 spiro atoms. The lowest BCUT2D eigenvalue weighted by Gasteiger charge is -2.28. The summed E-state index contributed by atoms with van der Waals surface area (Å²) in [6, 6.07) is 5.65. The smallest absolute Gasteiger partial charge is 0.306 e. The predicted octanol–water partition coefficient (Wildman–Crippen LogP) is 2.70. The van der Waals surface area contributed by atoms with Gasteiger partial charge in [0.05, 0.1) is 10.8 Å². The van der Waals surface area contributed by atoms with Crippen LogP contribution in [0.3, 0.4) is 0 Å². The third kappa shape index (κ3) is 6.54. The molecule has 2 rings (SSSR count). The average Bonchev–Trinajstić information content (AvgIpc) is 2.70. The topological polar surface area (TPSA) is 113 Å². The number of carboxylic acid groups (broad SMARTS) is 1. The fraction of sp³-hybridized carbons (Fsp3) is 0.619. The number of amides is 1. The zero-order valence-electron chi connectivity index (χ0n) is 17.3. The summed E-state index contributed by atoms with van der Waals surface area (Å²) in [5.74, 6) is -1.33. The zero-order chi connectivity index (χ0) is 21.6. The Morgan fingerprint density at radius 3 is 2.24 bits per heavy atom. The van der Waals surface area contributed by atoms with E-state index in [0.29, 0.717) is 25.8 Å². The molecule has 0 bridgehead atoms. The summed E-state index contributed by atoms with van der Waals surface area (Å²) in [7, 11) is -3.81. The minimum atomic E-state index is -3.81. The van der Waals surface area contributed by atoms with E-state index in [4.69, 9.17) is 5.11 Å². The quantitative estimate of drug-likeness (QED) is 0.564. The molecular weight excluding hydrogens is 392 g/mol. The first-order valence-electron chi connectivity index (χ1n) is 10.2. The number of benzene rings is 1. The summed E-state index contributed by atoms with van der Waals surface area (Å²) in [5.41, 5.74) is 0.956. The number of nitrogens with one attached hydrogen (secondary N) is 2. The highest BCUT2D eigenvalue weighted by atomic mass is 32.2. The Hall–Kier alpha value is -1.93. The molecule has 1 aliphatic rings. The molecule has 0 aromatic heterocycles. The summed E-state index contributed by atoms with van der Waals surface area (Å²) in [6.07, 6.45) is 3.38. The van der Waals surface area contributed by atoms with Gasteiger partial charge in [-0.15, -0.1) is 0 Å². The van der Waals surface area contributed by atoms with Crippen molar-refractivity contribution in [2.24, 2.45) is 17.8 Å². The van der Waals surface area contributed by atoms with E-state index in [1.165, 1.54) is 12.1 Å². The van der Waals surface area contributed by atoms with Crippen LogP contribution in [0.2, 0.25) is 0 Å². The van der Waals surface area contributed by atoms with Crippen molar-refractivity contribution in [3.63, 3.8) is 0 Å². The summed E-state index contributed by atoms with van der Waals surface area (Å²) >= 11 is 0. The first-order chi connectivity index (χ1) is 13.6. The van der Waals surface area contributed by atoms with Crippen LogP contribution >= 0.6 is 0 Å². The van der Waals surface area contributed by atoms with Gasteiger partial charge in [-0.05, 0) is 56.6 Å². The molecule has 0 heterocycles. The normalized spacial score (nSPS) is 21.9. The minimum absolute atomic E-state index is 0.135. The molecule has 0 unspecified atom stereocenters. The number of carbonyl (C=O) groups is 2. The van der Waals surface area contributed by atoms with E-state index in [1.54, 1.807) is 12.1 Å². The Morgan fingerprint density at radius 1 is 1.14 bits per heavy atom. The highest BCUT2D eigenvalue weighted by Crippen LogP contribution is 2.28. The number of rotatable bonds is 9. The van der Waals surface area contributed by atoms with Gasteiger partial charge in [0, 0.05) is 6.54 Å². The molecule has 8 heteroatoms. The van der Waals surface area contributed by atoms with Crippen molar-refractivity contribution in [1.82, 2.24) is 10.0 Å². The second-order valence-corrected chi connectivity index (χ2v) is 9.81. The van der Waals surface area contributed by atoms with E-state index >= 15 is 0 Å². The third-order valence-corrected chi connectivity index (χ3v) is 7.33. The SMILES string of the molecule is CC[C@H](C)[C@H](NS(=O)(=O)c1ccc(C)cc1)C(=O)NCC1CCC(C(=O)O)CC1.